The van der Waals surface area contributed by atoms with E-state index in [4.69, 9.17) is 0 Å². The van der Waals surface area contributed by atoms with Gasteiger partial charge in [0.15, 0.2) is 0 Å². The molecule has 0 aromatic heterocycles. The van der Waals surface area contributed by atoms with Crippen LogP contribution in [-0.4, -0.2) is 22.3 Å². The number of amides is 1. The van der Waals surface area contributed by atoms with Crippen LogP contribution in [-0.2, 0) is 10.5 Å². The molecular weight excluding hydrogens is 326 g/mol. The first-order valence-electron chi connectivity index (χ1n) is 7.30. The number of hydrogen-bond acceptors (Lipinski definition) is 5. The standard InChI is InChI=1S/C17H17N3O3S/c1-13(24-12-14-7-3-2-4-8-14)17(21)19-18-11-15-9-5-6-10-16(15)20(22)23/h2-11,13H,12H2,1H3,(H,19,21)/b18-11-/t13-/m1/s1. The van der Waals surface area contributed by atoms with Crippen LogP contribution in [0.2, 0.25) is 0 Å². The number of nitro groups is 1. The van der Waals surface area contributed by atoms with Crippen molar-refractivity contribution < 1.29 is 9.72 Å². The Morgan fingerprint density at radius 3 is 2.62 bits per heavy atom. The molecule has 0 radical (unpaired) electrons. The molecule has 2 aromatic carbocycles. The number of nitrogens with zero attached hydrogens (tertiary/aromatic N) is 2. The molecule has 0 saturated carbocycles. The molecule has 0 bridgehead atoms. The number of nitro benzene ring substituents is 1. The van der Waals surface area contributed by atoms with Crippen molar-refractivity contribution in [1.82, 2.24) is 5.43 Å². The van der Waals surface area contributed by atoms with Crippen molar-refractivity contribution in [2.24, 2.45) is 5.10 Å². The Morgan fingerprint density at radius 1 is 1.25 bits per heavy atom. The van der Waals surface area contributed by atoms with Crippen LogP contribution in [0.1, 0.15) is 18.1 Å². The van der Waals surface area contributed by atoms with Gasteiger partial charge in [0.25, 0.3) is 11.6 Å². The summed E-state index contributed by atoms with van der Waals surface area (Å²) in [7, 11) is 0. The number of rotatable bonds is 7. The molecule has 0 aliphatic rings. The molecule has 1 N–H and O–H groups in total. The minimum atomic E-state index is -0.485. The lowest BCUT2D eigenvalue weighted by atomic mass is 10.2. The minimum Gasteiger partial charge on any atom is -0.272 e. The Bertz CT molecular complexity index is 735. The average molecular weight is 343 g/mol. The lowest BCUT2D eigenvalue weighted by molar-refractivity contribution is -0.385. The van der Waals surface area contributed by atoms with E-state index in [1.807, 2.05) is 30.3 Å². The lowest BCUT2D eigenvalue weighted by Gasteiger charge is -2.09. The van der Waals surface area contributed by atoms with Crippen molar-refractivity contribution >= 4 is 29.6 Å². The van der Waals surface area contributed by atoms with Gasteiger partial charge in [-0.15, -0.1) is 11.8 Å². The second kappa shape index (κ2) is 8.83. The van der Waals surface area contributed by atoms with Gasteiger partial charge in [0.2, 0.25) is 0 Å². The summed E-state index contributed by atoms with van der Waals surface area (Å²) in [5, 5.41) is 14.4. The summed E-state index contributed by atoms with van der Waals surface area (Å²) in [6, 6.07) is 16.1. The number of hydrazone groups is 1. The zero-order chi connectivity index (χ0) is 17.4. The molecule has 0 spiro atoms. The van der Waals surface area contributed by atoms with Gasteiger partial charge >= 0.3 is 0 Å². The maximum absolute atomic E-state index is 12.0. The third-order valence-electron chi connectivity index (χ3n) is 3.22. The summed E-state index contributed by atoms with van der Waals surface area (Å²) in [5.41, 5.74) is 3.85. The Labute approximate surface area is 144 Å². The Hall–Kier alpha value is -2.67. The van der Waals surface area contributed by atoms with E-state index in [1.165, 1.54) is 24.0 Å². The molecular formula is C17H17N3O3S. The molecule has 2 aromatic rings. The van der Waals surface area contributed by atoms with Crippen molar-refractivity contribution in [2.75, 3.05) is 0 Å². The second-order valence-electron chi connectivity index (χ2n) is 4.99. The third kappa shape index (κ3) is 5.20. The van der Waals surface area contributed by atoms with Gasteiger partial charge in [-0.25, -0.2) is 5.43 Å². The first-order chi connectivity index (χ1) is 11.6. The maximum Gasteiger partial charge on any atom is 0.278 e. The molecule has 7 heteroatoms. The topological polar surface area (TPSA) is 84.6 Å². The number of carbonyl (C=O) groups is 1. The molecule has 24 heavy (non-hydrogen) atoms. The Balaban J connectivity index is 1.87. The second-order valence-corrected chi connectivity index (χ2v) is 6.32. The highest BCUT2D eigenvalue weighted by Crippen LogP contribution is 2.18. The van der Waals surface area contributed by atoms with Crippen LogP contribution >= 0.6 is 11.8 Å². The molecule has 1 amide bonds. The number of para-hydroxylation sites is 1. The molecule has 124 valence electrons. The van der Waals surface area contributed by atoms with Crippen molar-refractivity contribution in [3.63, 3.8) is 0 Å². The molecule has 0 aliphatic carbocycles. The Kier molecular flexibility index (Phi) is 6.51. The van der Waals surface area contributed by atoms with Crippen LogP contribution in [0.25, 0.3) is 0 Å². The summed E-state index contributed by atoms with van der Waals surface area (Å²) < 4.78 is 0. The van der Waals surface area contributed by atoms with Gasteiger partial charge in [0.05, 0.1) is 22.0 Å². The van der Waals surface area contributed by atoms with Crippen molar-refractivity contribution in [1.29, 1.82) is 0 Å². The molecule has 0 unspecified atom stereocenters. The molecule has 2 rings (SSSR count). The van der Waals surface area contributed by atoms with E-state index in [2.05, 4.69) is 10.5 Å². The van der Waals surface area contributed by atoms with Crippen LogP contribution in [0.5, 0.6) is 0 Å². The monoisotopic (exact) mass is 343 g/mol. The first-order valence-corrected chi connectivity index (χ1v) is 8.34. The van der Waals surface area contributed by atoms with Crippen LogP contribution in [0, 0.1) is 10.1 Å². The van der Waals surface area contributed by atoms with Crippen LogP contribution < -0.4 is 5.43 Å². The molecule has 1 atom stereocenters. The molecule has 0 saturated heterocycles. The fourth-order valence-electron chi connectivity index (χ4n) is 1.89. The normalized spacial score (nSPS) is 12.0. The van der Waals surface area contributed by atoms with Crippen molar-refractivity contribution in [3.05, 3.63) is 75.8 Å². The summed E-state index contributed by atoms with van der Waals surface area (Å²) >= 11 is 1.50. The SMILES string of the molecule is C[C@@H](SCc1ccccc1)C(=O)N/N=C\c1ccccc1[N+](=O)[O-]. The van der Waals surface area contributed by atoms with E-state index in [0.29, 0.717) is 5.56 Å². The van der Waals surface area contributed by atoms with E-state index < -0.39 is 4.92 Å². The van der Waals surface area contributed by atoms with Crippen LogP contribution in [0.15, 0.2) is 59.7 Å². The van der Waals surface area contributed by atoms with Crippen molar-refractivity contribution in [2.45, 2.75) is 17.9 Å². The van der Waals surface area contributed by atoms with Crippen LogP contribution in [0.3, 0.4) is 0 Å². The predicted molar refractivity (Wildman–Crippen MR) is 96.0 cm³/mol. The number of thioether (sulfide) groups is 1. The summed E-state index contributed by atoms with van der Waals surface area (Å²) in [6.07, 6.45) is 1.28. The number of benzene rings is 2. The van der Waals surface area contributed by atoms with Gasteiger partial charge in [-0.05, 0) is 18.6 Å². The predicted octanol–water partition coefficient (Wildman–Crippen LogP) is 3.37. The lowest BCUT2D eigenvalue weighted by Crippen LogP contribution is -2.27. The smallest absolute Gasteiger partial charge is 0.272 e. The number of carbonyl (C=O) groups excluding carboxylic acids is 1. The zero-order valence-electron chi connectivity index (χ0n) is 13.1. The van der Waals surface area contributed by atoms with Gasteiger partial charge in [-0.2, -0.15) is 5.10 Å². The summed E-state index contributed by atoms with van der Waals surface area (Å²) in [6.45, 7) is 1.80. The van der Waals surface area contributed by atoms with E-state index in [9.17, 15) is 14.9 Å². The van der Waals surface area contributed by atoms with E-state index >= 15 is 0 Å². The maximum atomic E-state index is 12.0. The molecule has 6 nitrogen and oxygen atoms in total. The fraction of sp³-hybridized carbons (Fsp3) is 0.176. The van der Waals surface area contributed by atoms with Gasteiger partial charge < -0.3 is 0 Å². The van der Waals surface area contributed by atoms with Crippen LogP contribution in [0.4, 0.5) is 5.69 Å². The molecule has 0 fully saturated rings. The Morgan fingerprint density at radius 2 is 1.92 bits per heavy atom. The molecule has 0 aliphatic heterocycles. The highest BCUT2D eigenvalue weighted by atomic mass is 32.2. The van der Waals surface area contributed by atoms with Crippen molar-refractivity contribution in [3.8, 4) is 0 Å². The van der Waals surface area contributed by atoms with E-state index in [1.54, 1.807) is 25.1 Å². The number of nitrogens with one attached hydrogen (secondary N) is 1. The summed E-state index contributed by atoms with van der Waals surface area (Å²) in [4.78, 5) is 22.4. The number of hydrogen-bond donors (Lipinski definition) is 1. The van der Waals surface area contributed by atoms with Gasteiger partial charge in [0, 0.05) is 11.8 Å². The summed E-state index contributed by atoms with van der Waals surface area (Å²) in [5.74, 6) is 0.481. The van der Waals surface area contributed by atoms with Gasteiger partial charge in [-0.3, -0.25) is 14.9 Å². The highest BCUT2D eigenvalue weighted by Gasteiger charge is 2.13. The van der Waals surface area contributed by atoms with Gasteiger partial charge in [-0.1, -0.05) is 42.5 Å². The molecule has 0 heterocycles. The quantitative estimate of drug-likeness (QED) is 0.474. The zero-order valence-corrected chi connectivity index (χ0v) is 13.9. The van der Waals surface area contributed by atoms with Gasteiger partial charge in [0.1, 0.15) is 0 Å². The first kappa shape index (κ1) is 17.7. The van der Waals surface area contributed by atoms with E-state index in [0.717, 1.165) is 11.3 Å². The average Bonchev–Trinajstić information content (AvgIpc) is 2.60. The fourth-order valence-corrected chi connectivity index (χ4v) is 2.73. The highest BCUT2D eigenvalue weighted by molar-refractivity contribution is 7.99. The minimum absolute atomic E-state index is 0.0537. The largest absolute Gasteiger partial charge is 0.278 e. The third-order valence-corrected chi connectivity index (χ3v) is 4.44. The van der Waals surface area contributed by atoms with E-state index in [-0.39, 0.29) is 16.8 Å².